The quantitative estimate of drug-likeness (QED) is 0.155. The Morgan fingerprint density at radius 1 is 1.15 bits per heavy atom. The monoisotopic (exact) mass is 575 g/mol. The number of aryl methyl sites for hydroxylation is 1. The van der Waals surface area contributed by atoms with E-state index >= 15 is 0 Å². The molecule has 9 nitrogen and oxygen atoms in total. The molecule has 180 valence electrons. The molecule has 0 aliphatic rings. The van der Waals surface area contributed by atoms with Crippen molar-refractivity contribution in [3.63, 3.8) is 0 Å². The number of nitrogens with two attached hydrogens (primary N) is 1. The van der Waals surface area contributed by atoms with Crippen molar-refractivity contribution in [2.75, 3.05) is 33.5 Å². The van der Waals surface area contributed by atoms with Crippen LogP contribution in [0.1, 0.15) is 23.2 Å². The van der Waals surface area contributed by atoms with Gasteiger partial charge in [-0.1, -0.05) is 18.2 Å². The standard InChI is InChI=1S/C24H29N7O2.HI/c1-27-24(29-16-17-11-12-19(32-2)14-22(17)33-3)28-13-7-10-21-20(15-25)23(26)31(30-21)18-8-5-4-6-9-18;/h4-6,8-9,11-12,14H,7,10,13,16,26H2,1-3H3,(H2,27,28,29);1H. The molecule has 0 bridgehead atoms. The van der Waals surface area contributed by atoms with Crippen molar-refractivity contribution in [3.8, 4) is 23.3 Å². The summed E-state index contributed by atoms with van der Waals surface area (Å²) in [5.41, 5.74) is 9.10. The zero-order chi connectivity index (χ0) is 23.6. The first-order chi connectivity index (χ1) is 16.1. The number of methoxy groups -OCH3 is 2. The second-order valence-corrected chi connectivity index (χ2v) is 7.20. The number of nitrogens with one attached hydrogen (secondary N) is 2. The van der Waals surface area contributed by atoms with Crippen LogP contribution >= 0.6 is 24.0 Å². The van der Waals surface area contributed by atoms with Gasteiger partial charge in [-0.25, -0.2) is 4.68 Å². The van der Waals surface area contributed by atoms with Crippen LogP contribution in [0.3, 0.4) is 0 Å². The largest absolute Gasteiger partial charge is 0.497 e. The van der Waals surface area contributed by atoms with Crippen molar-refractivity contribution < 1.29 is 9.47 Å². The lowest BCUT2D eigenvalue weighted by molar-refractivity contribution is 0.390. The number of nitriles is 1. The van der Waals surface area contributed by atoms with Gasteiger partial charge < -0.3 is 25.8 Å². The number of nitrogens with zero attached hydrogens (tertiary/aromatic N) is 4. The summed E-state index contributed by atoms with van der Waals surface area (Å²) < 4.78 is 12.3. The van der Waals surface area contributed by atoms with E-state index in [4.69, 9.17) is 15.2 Å². The first-order valence-corrected chi connectivity index (χ1v) is 10.6. The number of rotatable bonds is 9. The van der Waals surface area contributed by atoms with Crippen LogP contribution in [-0.2, 0) is 13.0 Å². The highest BCUT2D eigenvalue weighted by molar-refractivity contribution is 14.0. The maximum Gasteiger partial charge on any atom is 0.191 e. The Morgan fingerprint density at radius 2 is 1.91 bits per heavy atom. The van der Waals surface area contributed by atoms with Gasteiger partial charge in [-0.05, 0) is 37.1 Å². The molecule has 10 heteroatoms. The first-order valence-electron chi connectivity index (χ1n) is 10.6. The molecule has 0 atom stereocenters. The third-order valence-corrected chi connectivity index (χ3v) is 5.15. The Balaban J connectivity index is 0.00000408. The number of halogens is 1. The summed E-state index contributed by atoms with van der Waals surface area (Å²) in [7, 11) is 4.97. The van der Waals surface area contributed by atoms with Gasteiger partial charge in [0.05, 0.1) is 25.6 Å². The Labute approximate surface area is 217 Å². The zero-order valence-corrected chi connectivity index (χ0v) is 21.9. The van der Waals surface area contributed by atoms with Gasteiger partial charge in [-0.2, -0.15) is 10.4 Å². The number of ether oxygens (including phenoxy) is 2. The lowest BCUT2D eigenvalue weighted by Crippen LogP contribution is -2.37. The average Bonchev–Trinajstić information content (AvgIpc) is 3.18. The van der Waals surface area contributed by atoms with Gasteiger partial charge in [0.1, 0.15) is 28.9 Å². The van der Waals surface area contributed by atoms with Gasteiger partial charge in [0.2, 0.25) is 0 Å². The first kappa shape index (κ1) is 26.8. The smallest absolute Gasteiger partial charge is 0.191 e. The molecule has 3 rings (SSSR count). The molecule has 0 saturated carbocycles. The van der Waals surface area contributed by atoms with Crippen LogP contribution in [0.15, 0.2) is 53.5 Å². The van der Waals surface area contributed by atoms with E-state index in [1.807, 2.05) is 48.5 Å². The molecule has 4 N–H and O–H groups in total. The van der Waals surface area contributed by atoms with Gasteiger partial charge in [0.15, 0.2) is 5.96 Å². The van der Waals surface area contributed by atoms with Crippen LogP contribution in [0.2, 0.25) is 0 Å². The van der Waals surface area contributed by atoms with E-state index in [2.05, 4.69) is 26.8 Å². The maximum absolute atomic E-state index is 9.55. The molecule has 0 saturated heterocycles. The number of guanidine groups is 1. The number of aliphatic imine (C=N–C) groups is 1. The minimum absolute atomic E-state index is 0. The van der Waals surface area contributed by atoms with Crippen LogP contribution in [0.4, 0.5) is 5.82 Å². The number of aromatic nitrogens is 2. The Bertz CT molecular complexity index is 1140. The summed E-state index contributed by atoms with van der Waals surface area (Å²) in [6.07, 6.45) is 1.37. The summed E-state index contributed by atoms with van der Waals surface area (Å²) in [6.45, 7) is 1.20. The van der Waals surface area contributed by atoms with E-state index in [0.717, 1.165) is 29.2 Å². The van der Waals surface area contributed by atoms with Crippen molar-refractivity contribution in [2.45, 2.75) is 19.4 Å². The summed E-state index contributed by atoms with van der Waals surface area (Å²) in [6, 6.07) is 17.4. The second kappa shape index (κ2) is 13.3. The van der Waals surface area contributed by atoms with Crippen molar-refractivity contribution >= 4 is 35.8 Å². The highest BCUT2D eigenvalue weighted by Crippen LogP contribution is 2.24. The average molecular weight is 575 g/mol. The Morgan fingerprint density at radius 3 is 2.56 bits per heavy atom. The highest BCUT2D eigenvalue weighted by Gasteiger charge is 2.16. The summed E-state index contributed by atoms with van der Waals surface area (Å²) in [4.78, 5) is 4.27. The molecular formula is C24H30IN7O2. The molecule has 34 heavy (non-hydrogen) atoms. The molecule has 0 unspecified atom stereocenters. The van der Waals surface area contributed by atoms with E-state index in [1.54, 1.807) is 25.9 Å². The fraction of sp³-hybridized carbons (Fsp3) is 0.292. The third kappa shape index (κ3) is 6.54. The molecule has 1 heterocycles. The van der Waals surface area contributed by atoms with Crippen molar-refractivity contribution in [1.29, 1.82) is 5.26 Å². The van der Waals surface area contributed by atoms with Crippen LogP contribution < -0.4 is 25.8 Å². The molecule has 2 aromatic carbocycles. The van der Waals surface area contributed by atoms with E-state index < -0.39 is 0 Å². The fourth-order valence-corrected chi connectivity index (χ4v) is 3.40. The maximum atomic E-state index is 9.55. The van der Waals surface area contributed by atoms with Crippen molar-refractivity contribution in [1.82, 2.24) is 20.4 Å². The number of anilines is 1. The van der Waals surface area contributed by atoms with Gasteiger partial charge in [-0.3, -0.25) is 4.99 Å². The number of hydrogen-bond donors (Lipinski definition) is 3. The SMILES string of the molecule is CN=C(NCCCc1nn(-c2ccccc2)c(N)c1C#N)NCc1ccc(OC)cc1OC.I. The minimum Gasteiger partial charge on any atom is -0.497 e. The van der Waals surface area contributed by atoms with E-state index in [-0.39, 0.29) is 24.0 Å². The zero-order valence-electron chi connectivity index (χ0n) is 19.5. The molecular weight excluding hydrogens is 545 g/mol. The van der Waals surface area contributed by atoms with Crippen LogP contribution in [0, 0.1) is 11.3 Å². The lowest BCUT2D eigenvalue weighted by Gasteiger charge is -2.14. The minimum atomic E-state index is 0. The van der Waals surface area contributed by atoms with E-state index in [1.165, 1.54) is 0 Å². The number of hydrogen-bond acceptors (Lipinski definition) is 6. The van der Waals surface area contributed by atoms with Gasteiger partial charge >= 0.3 is 0 Å². The molecule has 0 aliphatic carbocycles. The number of para-hydroxylation sites is 1. The molecule has 0 fully saturated rings. The third-order valence-electron chi connectivity index (χ3n) is 5.15. The van der Waals surface area contributed by atoms with Crippen LogP contribution in [0.5, 0.6) is 11.5 Å². The fourth-order valence-electron chi connectivity index (χ4n) is 3.40. The summed E-state index contributed by atoms with van der Waals surface area (Å²) in [5.74, 6) is 2.51. The molecule has 0 amide bonds. The highest BCUT2D eigenvalue weighted by atomic mass is 127. The van der Waals surface area contributed by atoms with E-state index in [0.29, 0.717) is 42.5 Å². The summed E-state index contributed by atoms with van der Waals surface area (Å²) >= 11 is 0. The van der Waals surface area contributed by atoms with Gasteiger partial charge in [0.25, 0.3) is 0 Å². The van der Waals surface area contributed by atoms with Crippen molar-refractivity contribution in [3.05, 3.63) is 65.4 Å². The normalized spacial score (nSPS) is 10.7. The Hall–Kier alpha value is -3.46. The number of benzene rings is 2. The van der Waals surface area contributed by atoms with Crippen LogP contribution in [0.25, 0.3) is 5.69 Å². The molecule has 0 radical (unpaired) electrons. The Kier molecular flexibility index (Phi) is 10.5. The second-order valence-electron chi connectivity index (χ2n) is 7.20. The molecule has 1 aromatic heterocycles. The molecule has 0 aliphatic heterocycles. The van der Waals surface area contributed by atoms with Gasteiger partial charge in [0, 0.05) is 31.8 Å². The van der Waals surface area contributed by atoms with Crippen LogP contribution in [-0.4, -0.2) is 43.6 Å². The molecule has 3 aromatic rings. The summed E-state index contributed by atoms with van der Waals surface area (Å²) in [5, 5.41) is 20.7. The topological polar surface area (TPSA) is 123 Å². The number of nitrogen functional groups attached to an aromatic ring is 1. The van der Waals surface area contributed by atoms with Gasteiger partial charge in [-0.15, -0.1) is 24.0 Å². The van der Waals surface area contributed by atoms with E-state index in [9.17, 15) is 5.26 Å². The molecule has 0 spiro atoms. The predicted molar refractivity (Wildman–Crippen MR) is 144 cm³/mol. The lowest BCUT2D eigenvalue weighted by atomic mass is 10.1. The predicted octanol–water partition coefficient (Wildman–Crippen LogP) is 3.26. The van der Waals surface area contributed by atoms with Crippen molar-refractivity contribution in [2.24, 2.45) is 4.99 Å².